The van der Waals surface area contributed by atoms with Crippen molar-refractivity contribution in [2.24, 2.45) is 0 Å². The second-order valence-corrected chi connectivity index (χ2v) is 5.73. The summed E-state index contributed by atoms with van der Waals surface area (Å²) in [6.07, 6.45) is 3.45. The van der Waals surface area contributed by atoms with Crippen molar-refractivity contribution in [2.75, 3.05) is 38.1 Å². The van der Waals surface area contributed by atoms with Gasteiger partial charge in [0.05, 0.1) is 6.10 Å². The number of likely N-dealkylation sites (N-methyl/N-ethyl adjacent to an activating group) is 1. The van der Waals surface area contributed by atoms with Crippen LogP contribution in [0.5, 0.6) is 0 Å². The highest BCUT2D eigenvalue weighted by atomic mass is 16.5. The van der Waals surface area contributed by atoms with Crippen LogP contribution in [0.1, 0.15) is 37.5 Å². The van der Waals surface area contributed by atoms with Crippen molar-refractivity contribution < 1.29 is 9.63 Å². The Kier molecular flexibility index (Phi) is 3.70. The van der Waals surface area contributed by atoms with Gasteiger partial charge in [0.15, 0.2) is 0 Å². The van der Waals surface area contributed by atoms with Crippen LogP contribution in [0.3, 0.4) is 0 Å². The Hall–Kier alpha value is -1.14. The van der Waals surface area contributed by atoms with Crippen LogP contribution in [0, 0.1) is 0 Å². The SMILES string of the molecule is CN1CCN(c2noc(C3CCC(O)CC3)n2)CC1. The fourth-order valence-corrected chi connectivity index (χ4v) is 2.85. The Morgan fingerprint density at radius 1 is 1.11 bits per heavy atom. The number of hydrogen-bond donors (Lipinski definition) is 1. The standard InChI is InChI=1S/C13H22N4O2/c1-16-6-8-17(9-7-16)13-14-12(19-15-13)10-2-4-11(18)5-3-10/h10-11,18H,2-9H2,1H3. The number of aliphatic hydroxyl groups excluding tert-OH is 1. The van der Waals surface area contributed by atoms with E-state index in [4.69, 9.17) is 4.52 Å². The minimum Gasteiger partial charge on any atom is -0.393 e. The van der Waals surface area contributed by atoms with E-state index in [9.17, 15) is 5.11 Å². The summed E-state index contributed by atoms with van der Waals surface area (Å²) >= 11 is 0. The molecule has 0 radical (unpaired) electrons. The lowest BCUT2D eigenvalue weighted by Crippen LogP contribution is -2.44. The topological polar surface area (TPSA) is 65.6 Å². The van der Waals surface area contributed by atoms with Gasteiger partial charge in [-0.1, -0.05) is 0 Å². The number of anilines is 1. The van der Waals surface area contributed by atoms with Gasteiger partial charge in [-0.25, -0.2) is 0 Å². The molecular formula is C13H22N4O2. The van der Waals surface area contributed by atoms with Gasteiger partial charge in [-0.2, -0.15) is 4.98 Å². The van der Waals surface area contributed by atoms with Crippen LogP contribution in [0.15, 0.2) is 4.52 Å². The molecule has 0 atom stereocenters. The monoisotopic (exact) mass is 266 g/mol. The van der Waals surface area contributed by atoms with E-state index in [1.54, 1.807) is 0 Å². The van der Waals surface area contributed by atoms with Crippen molar-refractivity contribution in [3.8, 4) is 0 Å². The smallest absolute Gasteiger partial charge is 0.266 e. The maximum absolute atomic E-state index is 9.53. The molecule has 1 N–H and O–H groups in total. The van der Waals surface area contributed by atoms with Crippen LogP contribution in [0.25, 0.3) is 0 Å². The van der Waals surface area contributed by atoms with E-state index in [1.165, 1.54) is 0 Å². The largest absolute Gasteiger partial charge is 0.393 e. The molecule has 6 heteroatoms. The van der Waals surface area contributed by atoms with Crippen LogP contribution in [0.2, 0.25) is 0 Å². The van der Waals surface area contributed by atoms with Crippen molar-refractivity contribution in [1.29, 1.82) is 0 Å². The third-order valence-electron chi connectivity index (χ3n) is 4.26. The molecule has 1 saturated heterocycles. The molecular weight excluding hydrogens is 244 g/mol. The third kappa shape index (κ3) is 2.90. The summed E-state index contributed by atoms with van der Waals surface area (Å²) in [7, 11) is 2.13. The third-order valence-corrected chi connectivity index (χ3v) is 4.26. The second kappa shape index (κ2) is 5.46. The molecule has 0 unspecified atom stereocenters. The molecule has 106 valence electrons. The second-order valence-electron chi connectivity index (χ2n) is 5.73. The first-order valence-corrected chi connectivity index (χ1v) is 7.17. The zero-order chi connectivity index (χ0) is 13.2. The van der Waals surface area contributed by atoms with Crippen molar-refractivity contribution in [1.82, 2.24) is 15.0 Å². The highest BCUT2D eigenvalue weighted by Gasteiger charge is 2.27. The van der Waals surface area contributed by atoms with Crippen molar-refractivity contribution >= 4 is 5.95 Å². The first-order chi connectivity index (χ1) is 9.22. The van der Waals surface area contributed by atoms with E-state index in [0.29, 0.717) is 5.92 Å². The lowest BCUT2D eigenvalue weighted by Gasteiger charge is -2.31. The zero-order valence-electron chi connectivity index (χ0n) is 11.5. The molecule has 1 saturated carbocycles. The summed E-state index contributed by atoms with van der Waals surface area (Å²) in [6.45, 7) is 4.00. The van der Waals surface area contributed by atoms with E-state index in [1.807, 2.05) is 0 Å². The number of piperazine rings is 1. The summed E-state index contributed by atoms with van der Waals surface area (Å²) in [6, 6.07) is 0. The lowest BCUT2D eigenvalue weighted by atomic mass is 9.87. The molecule has 0 spiro atoms. The maximum atomic E-state index is 9.53. The Balaban J connectivity index is 1.63. The molecule has 1 aliphatic carbocycles. The molecule has 3 rings (SSSR count). The van der Waals surface area contributed by atoms with E-state index < -0.39 is 0 Å². The van der Waals surface area contributed by atoms with Gasteiger partial charge in [-0.15, -0.1) is 0 Å². The lowest BCUT2D eigenvalue weighted by molar-refractivity contribution is 0.116. The van der Waals surface area contributed by atoms with Gasteiger partial charge in [0.2, 0.25) is 5.89 Å². The molecule has 19 heavy (non-hydrogen) atoms. The van der Waals surface area contributed by atoms with Crippen LogP contribution < -0.4 is 4.90 Å². The Bertz CT molecular complexity index is 370. The van der Waals surface area contributed by atoms with Gasteiger partial charge < -0.3 is 19.4 Å². The molecule has 6 nitrogen and oxygen atoms in total. The first kappa shape index (κ1) is 12.9. The molecule has 0 bridgehead atoms. The normalized spacial score (nSPS) is 29.7. The molecule has 0 aromatic carbocycles. The summed E-state index contributed by atoms with van der Waals surface area (Å²) in [5, 5.41) is 13.6. The van der Waals surface area contributed by atoms with Gasteiger partial charge >= 0.3 is 0 Å². The Morgan fingerprint density at radius 2 is 1.79 bits per heavy atom. The van der Waals surface area contributed by atoms with Crippen LogP contribution in [0.4, 0.5) is 5.95 Å². The minimum absolute atomic E-state index is 0.142. The van der Waals surface area contributed by atoms with Gasteiger partial charge in [-0.05, 0) is 37.9 Å². The van der Waals surface area contributed by atoms with Crippen molar-refractivity contribution in [3.05, 3.63) is 5.89 Å². The van der Waals surface area contributed by atoms with Gasteiger partial charge in [-0.3, -0.25) is 0 Å². The number of nitrogens with zero attached hydrogens (tertiary/aromatic N) is 4. The quantitative estimate of drug-likeness (QED) is 0.855. The highest BCUT2D eigenvalue weighted by Crippen LogP contribution is 2.32. The minimum atomic E-state index is -0.142. The summed E-state index contributed by atoms with van der Waals surface area (Å²) in [5.41, 5.74) is 0. The van der Waals surface area contributed by atoms with E-state index >= 15 is 0 Å². The fraction of sp³-hybridized carbons (Fsp3) is 0.846. The van der Waals surface area contributed by atoms with Crippen LogP contribution in [-0.2, 0) is 0 Å². The van der Waals surface area contributed by atoms with Gasteiger partial charge in [0.1, 0.15) is 0 Å². The van der Waals surface area contributed by atoms with E-state index in [2.05, 4.69) is 27.0 Å². The summed E-state index contributed by atoms with van der Waals surface area (Å²) < 4.78 is 5.42. The Labute approximate surface area is 113 Å². The summed E-state index contributed by atoms with van der Waals surface area (Å²) in [5.74, 6) is 1.81. The van der Waals surface area contributed by atoms with Gasteiger partial charge in [0.25, 0.3) is 5.95 Å². The highest BCUT2D eigenvalue weighted by molar-refractivity contribution is 5.29. The number of aliphatic hydroxyl groups is 1. The number of rotatable bonds is 2. The molecule has 1 aliphatic heterocycles. The van der Waals surface area contributed by atoms with Crippen LogP contribution in [-0.4, -0.2) is 59.5 Å². The first-order valence-electron chi connectivity index (χ1n) is 7.17. The average molecular weight is 266 g/mol. The van der Waals surface area contributed by atoms with E-state index in [-0.39, 0.29) is 6.10 Å². The molecule has 1 aromatic rings. The van der Waals surface area contributed by atoms with Crippen LogP contribution >= 0.6 is 0 Å². The Morgan fingerprint density at radius 3 is 2.47 bits per heavy atom. The molecule has 2 aliphatic rings. The van der Waals surface area contributed by atoms with Gasteiger partial charge in [0, 0.05) is 32.1 Å². The van der Waals surface area contributed by atoms with E-state index in [0.717, 1.165) is 63.7 Å². The fourth-order valence-electron chi connectivity index (χ4n) is 2.85. The van der Waals surface area contributed by atoms with Crippen molar-refractivity contribution in [2.45, 2.75) is 37.7 Å². The molecule has 0 amide bonds. The summed E-state index contributed by atoms with van der Waals surface area (Å²) in [4.78, 5) is 9.05. The maximum Gasteiger partial charge on any atom is 0.266 e. The average Bonchev–Trinajstić information content (AvgIpc) is 2.90. The molecule has 2 fully saturated rings. The zero-order valence-corrected chi connectivity index (χ0v) is 11.5. The van der Waals surface area contributed by atoms with Crippen molar-refractivity contribution in [3.63, 3.8) is 0 Å². The molecule has 2 heterocycles. The number of hydrogen-bond acceptors (Lipinski definition) is 6. The predicted octanol–water partition coefficient (Wildman–Crippen LogP) is 0.840. The number of aromatic nitrogens is 2. The predicted molar refractivity (Wildman–Crippen MR) is 71.2 cm³/mol. The molecule has 1 aromatic heterocycles.